The average molecular weight is 830 g/mol. The summed E-state index contributed by atoms with van der Waals surface area (Å²) < 4.78 is 36.4. The van der Waals surface area contributed by atoms with E-state index in [0.29, 0.717) is 31.0 Å². The minimum Gasteiger partial charge on any atom is -0.457 e. The highest BCUT2D eigenvalue weighted by Crippen LogP contribution is 2.39. The Morgan fingerprint density at radius 2 is 1.78 bits per heavy atom. The van der Waals surface area contributed by atoms with E-state index in [9.17, 15) is 24.3 Å². The summed E-state index contributed by atoms with van der Waals surface area (Å²) >= 11 is 0. The van der Waals surface area contributed by atoms with E-state index in [-0.39, 0.29) is 37.4 Å². The summed E-state index contributed by atoms with van der Waals surface area (Å²) in [5, 5.41) is 19.9. The number of aliphatic hydroxyl groups excluding tert-OH is 1. The van der Waals surface area contributed by atoms with Gasteiger partial charge in [-0.2, -0.15) is 4.98 Å². The first-order valence-corrected chi connectivity index (χ1v) is 20.6. The van der Waals surface area contributed by atoms with Crippen LogP contribution < -0.4 is 10.7 Å². The molecule has 0 aliphatic carbocycles. The summed E-state index contributed by atoms with van der Waals surface area (Å²) in [4.78, 5) is 66.6. The molecule has 3 saturated heterocycles. The molecular weight excluding hydrogens is 766 g/mol. The molecule has 59 heavy (non-hydrogen) atoms. The van der Waals surface area contributed by atoms with Crippen molar-refractivity contribution in [1.29, 1.82) is 0 Å². The third kappa shape index (κ3) is 9.94. The second-order valence-electron chi connectivity index (χ2n) is 16.9. The smallest absolute Gasteiger partial charge is 0.425 e. The van der Waals surface area contributed by atoms with Gasteiger partial charge in [0.25, 0.3) is 0 Å². The van der Waals surface area contributed by atoms with Crippen molar-refractivity contribution < 1.29 is 52.5 Å². The lowest BCUT2D eigenvalue weighted by molar-refractivity contribution is -0.295. The van der Waals surface area contributed by atoms with Gasteiger partial charge in [0.2, 0.25) is 17.6 Å². The molecule has 0 aromatic carbocycles. The van der Waals surface area contributed by atoms with E-state index < -0.39 is 83.5 Å². The number of likely N-dealkylation sites (N-methyl/N-ethyl adjacent to an activating group) is 1. The summed E-state index contributed by atoms with van der Waals surface area (Å²) in [5.74, 6) is -3.78. The molecule has 3 fully saturated rings. The molecule has 2 aromatic rings. The van der Waals surface area contributed by atoms with Gasteiger partial charge in [0.15, 0.2) is 17.7 Å². The minimum atomic E-state index is -1.47. The lowest BCUT2D eigenvalue weighted by Gasteiger charge is -2.46. The predicted octanol–water partition coefficient (Wildman–Crippen LogP) is 3.07. The van der Waals surface area contributed by atoms with Crippen molar-refractivity contribution in [1.82, 2.24) is 35.8 Å². The Labute approximate surface area is 346 Å². The third-order valence-electron chi connectivity index (χ3n) is 12.2. The van der Waals surface area contributed by atoms with E-state index in [1.807, 2.05) is 25.9 Å². The number of nitrogens with zero attached hydrogens (tertiary/aromatic N) is 5. The number of aryl methyl sites for hydroxylation is 1. The number of fused-ring (bicyclic) bond motifs is 1. The first-order chi connectivity index (χ1) is 27.8. The van der Waals surface area contributed by atoms with Crippen LogP contribution in [0.1, 0.15) is 87.0 Å². The number of amides is 2. The highest BCUT2D eigenvalue weighted by Gasteiger charge is 2.59. The molecule has 5 heterocycles. The standard InChI is InChI=1S/C41H63N7O11/c1-12-29-41(8)33(48(39(53)58-41)43-17-13-14-30-45-35(46-59-30)27-15-18-42-19-16-27)26(6)44-36(51)22(2)21-40(7,54-11)34(24(4)31(49)25(5)37(52)56-29)57-38-32(50)28(47(9)10)20-23(3)55-38/h15-16,18-19,22-26,28-29,32-34,38,43,50H,12-14,17,20-21H2,1-11H3,(H,44,51)/t22-,23-,24+,25-,26?,28+,29-,32-,33-,34-,38+,40+,41-/m1/s1. The molecule has 3 aliphatic heterocycles. The van der Waals surface area contributed by atoms with E-state index in [2.05, 4.69) is 25.9 Å². The number of ether oxygens (including phenoxy) is 5. The topological polar surface area (TPSA) is 217 Å². The highest BCUT2D eigenvalue weighted by molar-refractivity contribution is 6.00. The van der Waals surface area contributed by atoms with Gasteiger partial charge >= 0.3 is 12.1 Å². The number of ketones is 1. The van der Waals surface area contributed by atoms with Crippen LogP contribution in [0.4, 0.5) is 4.79 Å². The SMILES string of the molecule is CC[C@H]1OC(=O)[C@H](C)C(=O)[C@H](C)[C@@H](O[C@@H]2O[C@H](C)C[C@H](N(C)C)[C@H]2O)[C@@](C)(OC)C[C@@H](C)C(=O)NC(C)[C@H]2N(NCCCc3nc(-c4ccncc4)no3)C(=O)O[C@]12C. The van der Waals surface area contributed by atoms with Gasteiger partial charge in [-0.3, -0.25) is 19.4 Å². The number of hydrogen-bond acceptors (Lipinski definition) is 16. The molecule has 3 N–H and O–H groups in total. The van der Waals surface area contributed by atoms with Crippen molar-refractivity contribution in [2.45, 2.75) is 148 Å². The number of carbonyl (C=O) groups is 4. The molecule has 3 aliphatic rings. The number of Topliss-reactive ketones (excluding diaryl/α,β-unsaturated/α-hetero) is 1. The van der Waals surface area contributed by atoms with Gasteiger partial charge in [-0.15, -0.1) is 0 Å². The van der Waals surface area contributed by atoms with Gasteiger partial charge in [0, 0.05) is 55.9 Å². The molecule has 0 spiro atoms. The summed E-state index contributed by atoms with van der Waals surface area (Å²) in [6.45, 7) is 14.0. The van der Waals surface area contributed by atoms with E-state index in [1.165, 1.54) is 19.0 Å². The Balaban J connectivity index is 1.41. The van der Waals surface area contributed by atoms with Crippen molar-refractivity contribution in [3.8, 4) is 11.4 Å². The second-order valence-corrected chi connectivity index (χ2v) is 16.9. The van der Waals surface area contributed by atoms with Crippen LogP contribution in [0.25, 0.3) is 11.4 Å². The van der Waals surface area contributed by atoms with E-state index in [1.54, 1.807) is 66.1 Å². The van der Waals surface area contributed by atoms with E-state index in [0.717, 1.165) is 5.56 Å². The molecule has 0 radical (unpaired) electrons. The zero-order valence-corrected chi connectivity index (χ0v) is 36.2. The second kappa shape index (κ2) is 19.1. The number of nitrogens with one attached hydrogen (secondary N) is 2. The average Bonchev–Trinajstić information content (AvgIpc) is 3.78. The molecule has 0 bridgehead atoms. The molecule has 0 saturated carbocycles. The number of rotatable bonds is 11. The van der Waals surface area contributed by atoms with Gasteiger partial charge in [-0.25, -0.2) is 15.2 Å². The van der Waals surface area contributed by atoms with Crippen molar-refractivity contribution in [2.75, 3.05) is 27.7 Å². The highest BCUT2D eigenvalue weighted by atomic mass is 16.7. The summed E-state index contributed by atoms with van der Waals surface area (Å²) in [7, 11) is 5.19. The Bertz CT molecular complexity index is 1770. The first kappa shape index (κ1) is 46.0. The summed E-state index contributed by atoms with van der Waals surface area (Å²) in [6.07, 6.45) is -0.252. The Morgan fingerprint density at radius 3 is 2.42 bits per heavy atom. The maximum atomic E-state index is 14.3. The molecule has 2 aromatic heterocycles. The molecule has 18 nitrogen and oxygen atoms in total. The number of hydrazine groups is 1. The molecule has 328 valence electrons. The number of aliphatic hydroxyl groups is 1. The van der Waals surface area contributed by atoms with Crippen LogP contribution in [0.3, 0.4) is 0 Å². The molecule has 1 unspecified atom stereocenters. The predicted molar refractivity (Wildman–Crippen MR) is 212 cm³/mol. The van der Waals surface area contributed by atoms with Gasteiger partial charge in [-0.1, -0.05) is 25.9 Å². The van der Waals surface area contributed by atoms with Gasteiger partial charge in [-0.05, 0) is 86.5 Å². The maximum Gasteiger partial charge on any atom is 0.425 e. The van der Waals surface area contributed by atoms with Crippen LogP contribution in [0.5, 0.6) is 0 Å². The van der Waals surface area contributed by atoms with Crippen molar-refractivity contribution in [3.63, 3.8) is 0 Å². The number of cyclic esters (lactones) is 1. The number of pyridine rings is 1. The number of hydrogen-bond donors (Lipinski definition) is 3. The molecule has 5 rings (SSSR count). The van der Waals surface area contributed by atoms with Gasteiger partial charge in [0.1, 0.15) is 24.2 Å². The Hall–Kier alpha value is -4.07. The van der Waals surface area contributed by atoms with E-state index in [4.69, 9.17) is 28.2 Å². The van der Waals surface area contributed by atoms with Crippen LogP contribution in [0, 0.1) is 17.8 Å². The summed E-state index contributed by atoms with van der Waals surface area (Å²) in [6, 6.07) is 1.66. The van der Waals surface area contributed by atoms with Gasteiger partial charge < -0.3 is 43.5 Å². The largest absolute Gasteiger partial charge is 0.457 e. The quantitative estimate of drug-likeness (QED) is 0.169. The van der Waals surface area contributed by atoms with Crippen molar-refractivity contribution in [3.05, 3.63) is 30.4 Å². The minimum absolute atomic E-state index is 0.0775. The fourth-order valence-corrected chi connectivity index (χ4v) is 8.78. The molecule has 18 heteroatoms. The van der Waals surface area contributed by atoms with Crippen molar-refractivity contribution in [2.24, 2.45) is 17.8 Å². The number of aromatic nitrogens is 3. The number of methoxy groups -OCH3 is 1. The molecular formula is C41H63N7O11. The molecule has 2 amide bonds. The summed E-state index contributed by atoms with van der Waals surface area (Å²) in [5.41, 5.74) is 1.17. The fraction of sp³-hybridized carbons (Fsp3) is 0.732. The third-order valence-corrected chi connectivity index (χ3v) is 12.2. The lowest BCUT2D eigenvalue weighted by Crippen LogP contribution is -2.63. The zero-order chi connectivity index (χ0) is 43.4. The normalized spacial score (nSPS) is 36.4. The monoisotopic (exact) mass is 829 g/mol. The van der Waals surface area contributed by atoms with Crippen LogP contribution in [-0.4, -0.2) is 142 Å². The van der Waals surface area contributed by atoms with Gasteiger partial charge in [0.05, 0.1) is 23.9 Å². The fourth-order valence-electron chi connectivity index (χ4n) is 8.78. The molecule has 13 atom stereocenters. The zero-order valence-electron chi connectivity index (χ0n) is 36.2. The van der Waals surface area contributed by atoms with Crippen LogP contribution >= 0.6 is 0 Å². The number of carbonyl (C=O) groups excluding carboxylic acids is 4. The number of esters is 1. The Kier molecular flexibility index (Phi) is 14.9. The Morgan fingerprint density at radius 1 is 1.08 bits per heavy atom. The first-order valence-electron chi connectivity index (χ1n) is 20.6. The van der Waals surface area contributed by atoms with Crippen molar-refractivity contribution >= 4 is 23.8 Å². The van der Waals surface area contributed by atoms with Crippen LogP contribution in [0.2, 0.25) is 0 Å². The van der Waals surface area contributed by atoms with Crippen LogP contribution in [0.15, 0.2) is 29.0 Å². The van der Waals surface area contributed by atoms with Crippen LogP contribution in [-0.2, 0) is 44.5 Å². The van der Waals surface area contributed by atoms with E-state index >= 15 is 0 Å². The maximum absolute atomic E-state index is 14.3. The lowest BCUT2D eigenvalue weighted by atomic mass is 9.78.